The van der Waals surface area contributed by atoms with Gasteiger partial charge in [0.25, 0.3) is 0 Å². The van der Waals surface area contributed by atoms with E-state index in [2.05, 4.69) is 150 Å². The Morgan fingerprint density at radius 2 is 1.19 bits per heavy atom. The van der Waals surface area contributed by atoms with Crippen LogP contribution >= 0.6 is 0 Å². The molecule has 0 aliphatic carbocycles. The zero-order valence-electron chi connectivity index (χ0n) is 26.6. The number of hydrogen-bond donors (Lipinski definition) is 0. The van der Waals surface area contributed by atoms with Gasteiger partial charge in [-0.25, -0.2) is 9.97 Å². The van der Waals surface area contributed by atoms with E-state index in [1.54, 1.807) is 0 Å². The van der Waals surface area contributed by atoms with Gasteiger partial charge in [-0.15, -0.1) is 0 Å². The smallest absolute Gasteiger partial charge is 0.235 e. The van der Waals surface area contributed by atoms with Gasteiger partial charge in [0, 0.05) is 49.3 Å². The van der Waals surface area contributed by atoms with Gasteiger partial charge in [-0.2, -0.15) is 0 Å². The number of rotatable bonds is 3. The van der Waals surface area contributed by atoms with Crippen LogP contribution in [0.15, 0.2) is 146 Å². The Kier molecular flexibility index (Phi) is 5.56. The molecule has 0 bridgehead atoms. The minimum atomic E-state index is -0.313. The maximum absolute atomic E-state index is 6.91. The highest BCUT2D eigenvalue weighted by molar-refractivity contribution is 6.19. The second-order valence-electron chi connectivity index (χ2n) is 13.0. The van der Waals surface area contributed by atoms with Crippen molar-refractivity contribution in [2.75, 3.05) is 0 Å². The first-order chi connectivity index (χ1) is 23.6. The molecular formula is C43H30N4O. The highest BCUT2D eigenvalue weighted by atomic mass is 16.5. The molecular weight excluding hydrogens is 589 g/mol. The molecule has 1 aliphatic rings. The van der Waals surface area contributed by atoms with Crippen molar-refractivity contribution in [1.29, 1.82) is 0 Å². The minimum Gasteiger partial charge on any atom is -0.440 e. The number of nitrogens with zero attached hydrogens (tertiary/aromatic N) is 4. The van der Waals surface area contributed by atoms with Crippen molar-refractivity contribution in [3.8, 4) is 34.5 Å². The zero-order valence-corrected chi connectivity index (χ0v) is 26.6. The van der Waals surface area contributed by atoms with Crippen LogP contribution in [0, 0.1) is 0 Å². The molecule has 6 aromatic carbocycles. The largest absolute Gasteiger partial charge is 0.440 e. The molecule has 0 spiro atoms. The number of aromatic nitrogens is 4. The molecule has 1 aliphatic heterocycles. The van der Waals surface area contributed by atoms with Gasteiger partial charge in [-0.05, 0) is 30.3 Å². The lowest BCUT2D eigenvalue weighted by Crippen LogP contribution is -2.24. The van der Waals surface area contributed by atoms with E-state index in [4.69, 9.17) is 14.7 Å². The number of benzene rings is 6. The molecule has 0 saturated heterocycles. The highest BCUT2D eigenvalue weighted by Gasteiger charge is 2.40. The van der Waals surface area contributed by atoms with Crippen LogP contribution in [0.4, 0.5) is 0 Å². The fourth-order valence-corrected chi connectivity index (χ4v) is 7.82. The van der Waals surface area contributed by atoms with E-state index >= 15 is 0 Å². The molecule has 4 heterocycles. The Hall–Kier alpha value is -6.20. The number of para-hydroxylation sites is 4. The predicted octanol–water partition coefficient (Wildman–Crippen LogP) is 10.8. The summed E-state index contributed by atoms with van der Waals surface area (Å²) < 4.78 is 11.5. The van der Waals surface area contributed by atoms with Gasteiger partial charge in [0.15, 0.2) is 0 Å². The average Bonchev–Trinajstić information content (AvgIpc) is 3.65. The summed E-state index contributed by atoms with van der Waals surface area (Å²) in [6.07, 6.45) is 0. The molecule has 0 unspecified atom stereocenters. The summed E-state index contributed by atoms with van der Waals surface area (Å²) in [6, 6.07) is 50.8. The van der Waals surface area contributed by atoms with E-state index < -0.39 is 0 Å². The highest BCUT2D eigenvalue weighted by Crippen LogP contribution is 2.54. The van der Waals surface area contributed by atoms with Gasteiger partial charge in [0.2, 0.25) is 11.8 Å². The van der Waals surface area contributed by atoms with Gasteiger partial charge < -0.3 is 4.74 Å². The summed E-state index contributed by atoms with van der Waals surface area (Å²) in [7, 11) is 0. The summed E-state index contributed by atoms with van der Waals surface area (Å²) in [6.45, 7) is 4.61. The lowest BCUT2D eigenvalue weighted by atomic mass is 9.76. The first-order valence-electron chi connectivity index (χ1n) is 16.4. The Bertz CT molecular complexity index is 2720. The van der Waals surface area contributed by atoms with Gasteiger partial charge >= 0.3 is 0 Å². The molecule has 48 heavy (non-hydrogen) atoms. The fraction of sp³-hybridized carbons (Fsp3) is 0.0698. The summed E-state index contributed by atoms with van der Waals surface area (Å²) in [5, 5.41) is 4.46. The van der Waals surface area contributed by atoms with Crippen LogP contribution in [-0.4, -0.2) is 19.1 Å². The van der Waals surface area contributed by atoms with Crippen LogP contribution in [0.3, 0.4) is 0 Å². The van der Waals surface area contributed by atoms with E-state index in [1.807, 2.05) is 18.2 Å². The Morgan fingerprint density at radius 1 is 0.542 bits per heavy atom. The number of hydrogen-bond acceptors (Lipinski definition) is 3. The van der Waals surface area contributed by atoms with Gasteiger partial charge in [-0.1, -0.05) is 129 Å². The zero-order chi connectivity index (χ0) is 32.0. The van der Waals surface area contributed by atoms with E-state index in [9.17, 15) is 0 Å². The van der Waals surface area contributed by atoms with Gasteiger partial charge in [0.05, 0.1) is 27.8 Å². The standard InChI is InChI=1S/C43H30N4O/c1-43(2)33-21-11-14-24-36(33)48-41-37(43)32-26-25-30-29-19-10-13-23-35(29)47(39(30)40(32)46(41)28-17-7-4-8-18-28)42-44-34-22-12-9-20-31(34)38(45-42)27-15-5-3-6-16-27/h3-26H,1-2H3. The molecule has 10 rings (SSSR count). The van der Waals surface area contributed by atoms with Crippen LogP contribution in [0.25, 0.3) is 66.5 Å². The van der Waals surface area contributed by atoms with Crippen LogP contribution in [0.2, 0.25) is 0 Å². The van der Waals surface area contributed by atoms with E-state index in [0.29, 0.717) is 5.95 Å². The fourth-order valence-electron chi connectivity index (χ4n) is 7.82. The van der Waals surface area contributed by atoms with E-state index in [1.165, 1.54) is 11.1 Å². The quantitative estimate of drug-likeness (QED) is 0.198. The predicted molar refractivity (Wildman–Crippen MR) is 195 cm³/mol. The lowest BCUT2D eigenvalue weighted by Gasteiger charge is -2.33. The molecule has 0 radical (unpaired) electrons. The third-order valence-electron chi connectivity index (χ3n) is 9.96. The molecule has 9 aromatic rings. The Labute approximate surface area is 277 Å². The topological polar surface area (TPSA) is 44.9 Å². The van der Waals surface area contributed by atoms with Crippen molar-refractivity contribution in [3.63, 3.8) is 0 Å². The van der Waals surface area contributed by atoms with Crippen LogP contribution in [-0.2, 0) is 5.41 Å². The number of fused-ring (bicyclic) bond motifs is 9. The SMILES string of the molecule is CC1(C)c2ccccc2Oc2c1c1ccc3c4ccccc4n(-c4nc(-c5ccccc5)c5ccccc5n4)c3c1n2-c1ccccc1. The maximum atomic E-state index is 6.91. The minimum absolute atomic E-state index is 0.313. The van der Waals surface area contributed by atoms with Crippen LogP contribution in [0.5, 0.6) is 11.6 Å². The summed E-state index contributed by atoms with van der Waals surface area (Å²) in [4.78, 5) is 10.6. The van der Waals surface area contributed by atoms with Crippen LogP contribution in [0.1, 0.15) is 25.0 Å². The lowest BCUT2D eigenvalue weighted by molar-refractivity contribution is 0.399. The van der Waals surface area contributed by atoms with Gasteiger partial charge in [-0.3, -0.25) is 9.13 Å². The maximum Gasteiger partial charge on any atom is 0.235 e. The average molecular weight is 619 g/mol. The molecule has 3 aromatic heterocycles. The molecule has 0 saturated carbocycles. The van der Waals surface area contributed by atoms with E-state index in [0.717, 1.165) is 72.2 Å². The molecule has 0 amide bonds. The summed E-state index contributed by atoms with van der Waals surface area (Å²) in [5.74, 6) is 2.36. The molecule has 0 atom stereocenters. The monoisotopic (exact) mass is 618 g/mol. The normalized spacial score (nSPS) is 13.5. The third-order valence-corrected chi connectivity index (χ3v) is 9.96. The first-order valence-corrected chi connectivity index (χ1v) is 16.4. The summed E-state index contributed by atoms with van der Waals surface area (Å²) >= 11 is 0. The van der Waals surface area contributed by atoms with Crippen molar-refractivity contribution in [2.24, 2.45) is 0 Å². The van der Waals surface area contributed by atoms with Crippen molar-refractivity contribution < 1.29 is 4.74 Å². The first kappa shape index (κ1) is 27.0. The van der Waals surface area contributed by atoms with Crippen molar-refractivity contribution in [2.45, 2.75) is 19.3 Å². The molecule has 5 nitrogen and oxygen atoms in total. The van der Waals surface area contributed by atoms with Crippen molar-refractivity contribution >= 4 is 43.6 Å². The molecule has 0 fully saturated rings. The Balaban J connectivity index is 1.41. The number of ether oxygens (including phenoxy) is 1. The molecule has 0 N–H and O–H groups in total. The third kappa shape index (κ3) is 3.67. The molecule has 5 heteroatoms. The van der Waals surface area contributed by atoms with Crippen molar-refractivity contribution in [3.05, 3.63) is 157 Å². The van der Waals surface area contributed by atoms with Crippen molar-refractivity contribution in [1.82, 2.24) is 19.1 Å². The second-order valence-corrected chi connectivity index (χ2v) is 13.0. The van der Waals surface area contributed by atoms with Gasteiger partial charge in [0.1, 0.15) is 5.75 Å². The summed E-state index contributed by atoms with van der Waals surface area (Å²) in [5.41, 5.74) is 9.10. The van der Waals surface area contributed by atoms with E-state index in [-0.39, 0.29) is 5.41 Å². The Morgan fingerprint density at radius 3 is 2.02 bits per heavy atom. The van der Waals surface area contributed by atoms with Crippen LogP contribution < -0.4 is 4.74 Å². The molecule has 228 valence electrons. The second kappa shape index (κ2) is 9.90.